The van der Waals surface area contributed by atoms with Crippen LogP contribution in [0.4, 0.5) is 5.95 Å². The Morgan fingerprint density at radius 2 is 1.60 bits per heavy atom. The molecule has 0 N–H and O–H groups in total. The molecule has 0 spiro atoms. The van der Waals surface area contributed by atoms with E-state index in [0.717, 1.165) is 44.6 Å². The van der Waals surface area contributed by atoms with Crippen molar-refractivity contribution in [1.82, 2.24) is 19.8 Å². The van der Waals surface area contributed by atoms with Gasteiger partial charge in [0.05, 0.1) is 0 Å². The van der Waals surface area contributed by atoms with Gasteiger partial charge in [0.25, 0.3) is 0 Å². The average Bonchev–Trinajstić information content (AvgIpc) is 3.11. The normalized spacial score (nSPS) is 22.4. The van der Waals surface area contributed by atoms with E-state index in [-0.39, 0.29) is 0 Å². The van der Waals surface area contributed by atoms with Gasteiger partial charge in [0.15, 0.2) is 0 Å². The standard InChI is InChI=1S/C20H27N5/c1-2-5-18(6-3-1)15-24-10-7-19(17-24)16-23-11-13-25(14-12-23)20-21-8-4-9-22-20/h1-6,8-9,19H,7,10-17H2. The second-order valence-electron chi connectivity index (χ2n) is 7.21. The summed E-state index contributed by atoms with van der Waals surface area (Å²) >= 11 is 0. The van der Waals surface area contributed by atoms with Crippen LogP contribution in [0.5, 0.6) is 0 Å². The summed E-state index contributed by atoms with van der Waals surface area (Å²) in [5.74, 6) is 1.68. The third-order valence-electron chi connectivity index (χ3n) is 5.34. The molecule has 1 atom stereocenters. The molecule has 2 aliphatic heterocycles. The maximum Gasteiger partial charge on any atom is 0.225 e. The summed E-state index contributed by atoms with van der Waals surface area (Å²) in [5, 5.41) is 0. The van der Waals surface area contributed by atoms with Gasteiger partial charge in [-0.2, -0.15) is 0 Å². The van der Waals surface area contributed by atoms with Crippen LogP contribution in [-0.2, 0) is 6.54 Å². The Balaban J connectivity index is 1.22. The van der Waals surface area contributed by atoms with Crippen molar-refractivity contribution >= 4 is 5.95 Å². The second-order valence-corrected chi connectivity index (χ2v) is 7.21. The minimum absolute atomic E-state index is 0.809. The number of hydrogen-bond donors (Lipinski definition) is 0. The van der Waals surface area contributed by atoms with Crippen LogP contribution in [0, 0.1) is 5.92 Å². The Kier molecular flexibility index (Phi) is 5.23. The number of rotatable bonds is 5. The van der Waals surface area contributed by atoms with Crippen LogP contribution in [0.2, 0.25) is 0 Å². The van der Waals surface area contributed by atoms with Gasteiger partial charge in [-0.15, -0.1) is 0 Å². The zero-order valence-corrected chi connectivity index (χ0v) is 14.8. The molecule has 5 nitrogen and oxygen atoms in total. The number of likely N-dealkylation sites (tertiary alicyclic amines) is 1. The van der Waals surface area contributed by atoms with Crippen molar-refractivity contribution in [2.75, 3.05) is 50.7 Å². The molecule has 1 aromatic heterocycles. The lowest BCUT2D eigenvalue weighted by Gasteiger charge is -2.35. The Hall–Kier alpha value is -1.98. The number of nitrogens with zero attached hydrogens (tertiary/aromatic N) is 5. The molecule has 1 aromatic carbocycles. The van der Waals surface area contributed by atoms with Crippen LogP contribution >= 0.6 is 0 Å². The van der Waals surface area contributed by atoms with Crippen LogP contribution < -0.4 is 4.90 Å². The number of benzene rings is 1. The zero-order valence-electron chi connectivity index (χ0n) is 14.8. The summed E-state index contributed by atoms with van der Waals surface area (Å²) in [6.45, 7) is 9.09. The molecule has 25 heavy (non-hydrogen) atoms. The first-order chi connectivity index (χ1) is 12.4. The maximum absolute atomic E-state index is 4.37. The van der Waals surface area contributed by atoms with Gasteiger partial charge in [0.2, 0.25) is 5.95 Å². The van der Waals surface area contributed by atoms with Crippen LogP contribution in [-0.4, -0.2) is 65.6 Å². The third-order valence-corrected chi connectivity index (χ3v) is 5.34. The molecule has 0 radical (unpaired) electrons. The van der Waals surface area contributed by atoms with Crippen molar-refractivity contribution in [3.8, 4) is 0 Å². The monoisotopic (exact) mass is 337 g/mol. The molecule has 5 heteroatoms. The quantitative estimate of drug-likeness (QED) is 0.835. The summed E-state index contributed by atoms with van der Waals surface area (Å²) in [4.78, 5) is 16.3. The van der Waals surface area contributed by atoms with Crippen LogP contribution in [0.15, 0.2) is 48.8 Å². The highest BCUT2D eigenvalue weighted by Gasteiger charge is 2.26. The van der Waals surface area contributed by atoms with Gasteiger partial charge < -0.3 is 4.90 Å². The van der Waals surface area contributed by atoms with Crippen molar-refractivity contribution in [2.24, 2.45) is 5.92 Å². The molecule has 0 saturated carbocycles. The maximum atomic E-state index is 4.37. The molecule has 2 aliphatic rings. The van der Waals surface area contributed by atoms with Crippen molar-refractivity contribution in [3.63, 3.8) is 0 Å². The molecular formula is C20H27N5. The topological polar surface area (TPSA) is 35.5 Å². The third kappa shape index (κ3) is 4.35. The first-order valence-electron chi connectivity index (χ1n) is 9.37. The van der Waals surface area contributed by atoms with E-state index in [2.05, 4.69) is 55.0 Å². The molecule has 4 rings (SSSR count). The summed E-state index contributed by atoms with van der Waals surface area (Å²) in [5.41, 5.74) is 1.43. The first-order valence-corrected chi connectivity index (χ1v) is 9.37. The van der Waals surface area contributed by atoms with E-state index in [1.54, 1.807) is 0 Å². The molecule has 0 bridgehead atoms. The van der Waals surface area contributed by atoms with E-state index >= 15 is 0 Å². The molecule has 3 heterocycles. The fourth-order valence-corrected chi connectivity index (χ4v) is 4.00. The van der Waals surface area contributed by atoms with Gasteiger partial charge in [-0.05, 0) is 30.5 Å². The van der Waals surface area contributed by atoms with Crippen molar-refractivity contribution in [3.05, 3.63) is 54.4 Å². The SMILES string of the molecule is c1ccc(CN2CCC(CN3CCN(c4ncccn4)CC3)C2)cc1. The highest BCUT2D eigenvalue weighted by Crippen LogP contribution is 2.20. The molecule has 2 fully saturated rings. The van der Waals surface area contributed by atoms with E-state index in [9.17, 15) is 0 Å². The lowest BCUT2D eigenvalue weighted by atomic mass is 10.1. The van der Waals surface area contributed by atoms with Crippen LogP contribution in [0.25, 0.3) is 0 Å². The van der Waals surface area contributed by atoms with Gasteiger partial charge in [-0.3, -0.25) is 9.80 Å². The van der Waals surface area contributed by atoms with E-state index in [1.807, 2.05) is 18.5 Å². The molecule has 2 aromatic rings. The number of hydrogen-bond acceptors (Lipinski definition) is 5. The van der Waals surface area contributed by atoms with E-state index in [1.165, 1.54) is 31.6 Å². The summed E-state index contributed by atoms with van der Waals surface area (Å²) in [6, 6.07) is 12.7. The highest BCUT2D eigenvalue weighted by molar-refractivity contribution is 5.29. The predicted octanol–water partition coefficient (Wildman–Crippen LogP) is 2.12. The predicted molar refractivity (Wildman–Crippen MR) is 101 cm³/mol. The highest BCUT2D eigenvalue weighted by atomic mass is 15.3. The number of aromatic nitrogens is 2. The van der Waals surface area contributed by atoms with Crippen LogP contribution in [0.3, 0.4) is 0 Å². The summed E-state index contributed by atoms with van der Waals surface area (Å²) in [6.07, 6.45) is 4.98. The molecule has 1 unspecified atom stereocenters. The average molecular weight is 337 g/mol. The summed E-state index contributed by atoms with van der Waals surface area (Å²) in [7, 11) is 0. The van der Waals surface area contributed by atoms with E-state index < -0.39 is 0 Å². The Morgan fingerprint density at radius 1 is 0.840 bits per heavy atom. The van der Waals surface area contributed by atoms with E-state index in [4.69, 9.17) is 0 Å². The van der Waals surface area contributed by atoms with Crippen molar-refractivity contribution in [1.29, 1.82) is 0 Å². The zero-order chi connectivity index (χ0) is 16.9. The summed E-state index contributed by atoms with van der Waals surface area (Å²) < 4.78 is 0. The van der Waals surface area contributed by atoms with E-state index in [0.29, 0.717) is 0 Å². The number of anilines is 1. The molecular weight excluding hydrogens is 310 g/mol. The first kappa shape index (κ1) is 16.5. The Labute approximate surface area is 150 Å². The second kappa shape index (κ2) is 7.93. The molecule has 2 saturated heterocycles. The smallest absolute Gasteiger partial charge is 0.225 e. The Morgan fingerprint density at radius 3 is 2.36 bits per heavy atom. The van der Waals surface area contributed by atoms with Gasteiger partial charge in [0.1, 0.15) is 0 Å². The van der Waals surface area contributed by atoms with Crippen molar-refractivity contribution < 1.29 is 0 Å². The lowest BCUT2D eigenvalue weighted by Crippen LogP contribution is -2.48. The fourth-order valence-electron chi connectivity index (χ4n) is 4.00. The Bertz CT molecular complexity index is 640. The van der Waals surface area contributed by atoms with Gasteiger partial charge in [-0.1, -0.05) is 30.3 Å². The van der Waals surface area contributed by atoms with Crippen LogP contribution in [0.1, 0.15) is 12.0 Å². The molecule has 132 valence electrons. The van der Waals surface area contributed by atoms with Gasteiger partial charge in [0, 0.05) is 58.2 Å². The molecule has 0 aliphatic carbocycles. The fraction of sp³-hybridized carbons (Fsp3) is 0.500. The van der Waals surface area contributed by atoms with Crippen molar-refractivity contribution in [2.45, 2.75) is 13.0 Å². The molecule has 0 amide bonds. The number of piperazine rings is 1. The minimum atomic E-state index is 0.809. The van der Waals surface area contributed by atoms with Gasteiger partial charge >= 0.3 is 0 Å². The largest absolute Gasteiger partial charge is 0.338 e. The minimum Gasteiger partial charge on any atom is -0.338 e. The lowest BCUT2D eigenvalue weighted by molar-refractivity contribution is 0.213. The van der Waals surface area contributed by atoms with Gasteiger partial charge in [-0.25, -0.2) is 9.97 Å².